The molecule has 0 aliphatic heterocycles. The molecular formula is C16H20O3. The van der Waals surface area contributed by atoms with Crippen LogP contribution in [0.5, 0.6) is 0 Å². The highest BCUT2D eigenvalue weighted by Crippen LogP contribution is 2.46. The molecule has 1 saturated carbocycles. The molecule has 0 radical (unpaired) electrons. The molecule has 102 valence electrons. The van der Waals surface area contributed by atoms with Crippen LogP contribution in [0.4, 0.5) is 0 Å². The summed E-state index contributed by atoms with van der Waals surface area (Å²) in [4.78, 5) is 24.5. The van der Waals surface area contributed by atoms with E-state index in [0.29, 0.717) is 6.42 Å². The number of carbonyl (C=O) groups is 2. The second-order valence-electron chi connectivity index (χ2n) is 5.15. The highest BCUT2D eigenvalue weighted by molar-refractivity contribution is 6.05. The minimum Gasteiger partial charge on any atom is -0.468 e. The quantitative estimate of drug-likeness (QED) is 0.604. The lowest BCUT2D eigenvalue weighted by Crippen LogP contribution is -2.47. The first kappa shape index (κ1) is 13.8. The molecule has 1 fully saturated rings. The van der Waals surface area contributed by atoms with E-state index in [-0.39, 0.29) is 5.78 Å². The molecule has 1 aromatic rings. The average Bonchev–Trinajstić information content (AvgIpc) is 2.39. The molecule has 0 spiro atoms. The Labute approximate surface area is 114 Å². The van der Waals surface area contributed by atoms with Gasteiger partial charge in [0.05, 0.1) is 12.5 Å². The molecule has 1 unspecified atom stereocenters. The fraction of sp³-hybridized carbons (Fsp3) is 0.500. The van der Waals surface area contributed by atoms with Crippen molar-refractivity contribution in [3.8, 4) is 0 Å². The lowest BCUT2D eigenvalue weighted by atomic mass is 9.59. The molecule has 1 aliphatic carbocycles. The fourth-order valence-electron chi connectivity index (χ4n) is 2.90. The molecule has 0 saturated heterocycles. The molecule has 0 heterocycles. The summed E-state index contributed by atoms with van der Waals surface area (Å²) in [5, 5.41) is 0. The Hall–Kier alpha value is -1.64. The van der Waals surface area contributed by atoms with Crippen LogP contribution in [-0.4, -0.2) is 18.9 Å². The summed E-state index contributed by atoms with van der Waals surface area (Å²) >= 11 is 0. The summed E-state index contributed by atoms with van der Waals surface area (Å²) in [5.41, 5.74) is 0.574. The van der Waals surface area contributed by atoms with Gasteiger partial charge in [-0.3, -0.25) is 9.59 Å². The van der Waals surface area contributed by atoms with Gasteiger partial charge in [0.1, 0.15) is 5.92 Å². The van der Waals surface area contributed by atoms with Crippen molar-refractivity contribution in [1.82, 2.24) is 0 Å². The third-order valence-corrected chi connectivity index (χ3v) is 4.22. The van der Waals surface area contributed by atoms with E-state index in [1.807, 2.05) is 37.3 Å². The third kappa shape index (κ3) is 2.29. The molecule has 0 aromatic heterocycles. The second-order valence-corrected chi connectivity index (χ2v) is 5.15. The Kier molecular flexibility index (Phi) is 4.03. The lowest BCUT2D eigenvalue weighted by molar-refractivity contribution is -0.152. The van der Waals surface area contributed by atoms with Gasteiger partial charge >= 0.3 is 5.97 Å². The van der Waals surface area contributed by atoms with E-state index in [9.17, 15) is 9.59 Å². The van der Waals surface area contributed by atoms with Crippen LogP contribution >= 0.6 is 0 Å². The number of hydrogen-bond acceptors (Lipinski definition) is 3. The molecule has 19 heavy (non-hydrogen) atoms. The van der Waals surface area contributed by atoms with Crippen molar-refractivity contribution in [2.24, 2.45) is 5.92 Å². The maximum Gasteiger partial charge on any atom is 0.316 e. The first-order valence-electron chi connectivity index (χ1n) is 6.83. The normalized spacial score (nSPS) is 18.2. The number of hydrogen-bond donors (Lipinski definition) is 0. The second kappa shape index (κ2) is 5.55. The number of carbonyl (C=O) groups excluding carboxylic acids is 2. The van der Waals surface area contributed by atoms with Crippen LogP contribution in [0.1, 0.15) is 38.2 Å². The predicted molar refractivity (Wildman–Crippen MR) is 72.8 cm³/mol. The zero-order chi connectivity index (χ0) is 13.9. The summed E-state index contributed by atoms with van der Waals surface area (Å²) < 4.78 is 4.76. The van der Waals surface area contributed by atoms with Crippen LogP contribution in [0, 0.1) is 5.92 Å². The van der Waals surface area contributed by atoms with E-state index in [4.69, 9.17) is 4.74 Å². The summed E-state index contributed by atoms with van der Waals surface area (Å²) in [7, 11) is 1.34. The average molecular weight is 260 g/mol. The number of Topliss-reactive ketones (excluding diaryl/α,β-unsaturated/α-hetero) is 1. The molecule has 3 nitrogen and oxygen atoms in total. The van der Waals surface area contributed by atoms with E-state index in [1.54, 1.807) is 0 Å². The molecular weight excluding hydrogens is 240 g/mol. The largest absolute Gasteiger partial charge is 0.468 e. The standard InChI is InChI=1S/C16H20O3/c1-3-13(15(18)19-2)14(17)16(10-7-11-16)12-8-5-4-6-9-12/h4-6,8-9,13H,3,7,10-11H2,1-2H3. The number of ketones is 1. The van der Waals surface area contributed by atoms with E-state index >= 15 is 0 Å². The maximum atomic E-state index is 12.8. The van der Waals surface area contributed by atoms with Crippen molar-refractivity contribution in [2.45, 2.75) is 38.0 Å². The van der Waals surface area contributed by atoms with Crippen molar-refractivity contribution in [2.75, 3.05) is 7.11 Å². The molecule has 2 rings (SSSR count). The minimum absolute atomic E-state index is 0.0271. The van der Waals surface area contributed by atoms with Crippen molar-refractivity contribution in [3.05, 3.63) is 35.9 Å². The molecule has 0 N–H and O–H groups in total. The number of esters is 1. The summed E-state index contributed by atoms with van der Waals surface area (Å²) in [5.74, 6) is -1.01. The maximum absolute atomic E-state index is 12.8. The van der Waals surface area contributed by atoms with Crippen molar-refractivity contribution >= 4 is 11.8 Å². The van der Waals surface area contributed by atoms with Gasteiger partial charge in [-0.1, -0.05) is 43.7 Å². The molecule has 0 bridgehead atoms. The molecule has 1 atom stereocenters. The van der Waals surface area contributed by atoms with Crippen molar-refractivity contribution < 1.29 is 14.3 Å². The highest BCUT2D eigenvalue weighted by Gasteiger charge is 2.49. The van der Waals surface area contributed by atoms with Crippen molar-refractivity contribution in [1.29, 1.82) is 0 Å². The summed E-state index contributed by atoms with van der Waals surface area (Å²) in [6.07, 6.45) is 3.21. The topological polar surface area (TPSA) is 43.4 Å². The van der Waals surface area contributed by atoms with Gasteiger partial charge in [0.25, 0.3) is 0 Å². The van der Waals surface area contributed by atoms with Crippen LogP contribution < -0.4 is 0 Å². The number of rotatable bonds is 5. The molecule has 1 aliphatic rings. The van der Waals surface area contributed by atoms with Gasteiger partial charge < -0.3 is 4.74 Å². The molecule has 0 amide bonds. The first-order valence-corrected chi connectivity index (χ1v) is 6.83. The first-order chi connectivity index (χ1) is 9.15. The van der Waals surface area contributed by atoms with Gasteiger partial charge in [-0.2, -0.15) is 0 Å². The van der Waals surface area contributed by atoms with Gasteiger partial charge in [-0.15, -0.1) is 0 Å². The van der Waals surface area contributed by atoms with Gasteiger partial charge in [0, 0.05) is 0 Å². The Morgan fingerprint density at radius 2 is 1.89 bits per heavy atom. The van der Waals surface area contributed by atoms with E-state index in [1.165, 1.54) is 7.11 Å². The van der Waals surface area contributed by atoms with Gasteiger partial charge in [0.2, 0.25) is 0 Å². The van der Waals surface area contributed by atoms with E-state index in [2.05, 4.69) is 0 Å². The molecule has 1 aromatic carbocycles. The Morgan fingerprint density at radius 1 is 1.26 bits per heavy atom. The van der Waals surface area contributed by atoms with Crippen LogP contribution in [0.15, 0.2) is 30.3 Å². The summed E-state index contributed by atoms with van der Waals surface area (Å²) in [6, 6.07) is 9.81. The van der Waals surface area contributed by atoms with Crippen LogP contribution in [-0.2, 0) is 19.7 Å². The lowest BCUT2D eigenvalue weighted by Gasteiger charge is -2.42. The van der Waals surface area contributed by atoms with Crippen LogP contribution in [0.25, 0.3) is 0 Å². The zero-order valence-corrected chi connectivity index (χ0v) is 11.5. The van der Waals surface area contributed by atoms with E-state index < -0.39 is 17.3 Å². The zero-order valence-electron chi connectivity index (χ0n) is 11.5. The van der Waals surface area contributed by atoms with Crippen LogP contribution in [0.2, 0.25) is 0 Å². The predicted octanol–water partition coefficient (Wildman–Crippen LogP) is 2.88. The van der Waals surface area contributed by atoms with Gasteiger partial charge in [0.15, 0.2) is 5.78 Å². The number of benzene rings is 1. The van der Waals surface area contributed by atoms with E-state index in [0.717, 1.165) is 24.8 Å². The minimum atomic E-state index is -0.634. The van der Waals surface area contributed by atoms with Crippen molar-refractivity contribution in [3.63, 3.8) is 0 Å². The van der Waals surface area contributed by atoms with Gasteiger partial charge in [-0.05, 0) is 24.8 Å². The number of methoxy groups -OCH3 is 1. The monoisotopic (exact) mass is 260 g/mol. The third-order valence-electron chi connectivity index (χ3n) is 4.22. The van der Waals surface area contributed by atoms with Gasteiger partial charge in [-0.25, -0.2) is 0 Å². The Morgan fingerprint density at radius 3 is 2.32 bits per heavy atom. The SMILES string of the molecule is CCC(C(=O)OC)C(=O)C1(c2ccccc2)CCC1. The summed E-state index contributed by atoms with van der Waals surface area (Å²) in [6.45, 7) is 1.86. The fourth-order valence-corrected chi connectivity index (χ4v) is 2.90. The number of ether oxygens (including phenoxy) is 1. The smallest absolute Gasteiger partial charge is 0.316 e. The highest BCUT2D eigenvalue weighted by atomic mass is 16.5. The Balaban J connectivity index is 2.31. The van der Waals surface area contributed by atoms with Crippen LogP contribution in [0.3, 0.4) is 0 Å². The molecule has 3 heteroatoms. The Bertz CT molecular complexity index is 460.